The molecule has 3 nitrogen and oxygen atoms in total. The van der Waals surface area contributed by atoms with Gasteiger partial charge in [0.05, 0.1) is 6.61 Å². The Labute approximate surface area is 117 Å². The Morgan fingerprint density at radius 3 is 1.84 bits per heavy atom. The second-order valence-corrected chi connectivity index (χ2v) is 4.68. The molecule has 0 aromatic carbocycles. The second-order valence-electron chi connectivity index (χ2n) is 4.68. The summed E-state index contributed by atoms with van der Waals surface area (Å²) in [5.41, 5.74) is 0.129. The molecule has 106 valence electrons. The molecule has 0 heterocycles. The zero-order chi connectivity index (χ0) is 14.3. The van der Waals surface area contributed by atoms with Crippen LogP contribution >= 0.6 is 0 Å². The van der Waals surface area contributed by atoms with E-state index in [4.69, 9.17) is 15.3 Å². The van der Waals surface area contributed by atoms with Crippen molar-refractivity contribution in [2.45, 2.75) is 71.6 Å². The average molecular weight is 262 g/mol. The van der Waals surface area contributed by atoms with Crippen LogP contribution in [0, 0.1) is 22.7 Å². The first-order valence-corrected chi connectivity index (χ1v) is 7.46. The van der Waals surface area contributed by atoms with Crippen LogP contribution < -0.4 is 0 Å². The van der Waals surface area contributed by atoms with Crippen LogP contribution in [0.25, 0.3) is 0 Å². The number of nitrogens with zero attached hydrogens (tertiary/aromatic N) is 2. The zero-order valence-corrected chi connectivity index (χ0v) is 12.4. The highest BCUT2D eigenvalue weighted by Gasteiger charge is 2.06. The van der Waals surface area contributed by atoms with Gasteiger partial charge in [-0.25, -0.2) is 0 Å². The van der Waals surface area contributed by atoms with Gasteiger partial charge in [0, 0.05) is 6.42 Å². The number of hydrogen-bond acceptors (Lipinski definition) is 3. The van der Waals surface area contributed by atoms with Crippen molar-refractivity contribution in [1.29, 1.82) is 10.5 Å². The molecule has 0 aliphatic carbocycles. The molecule has 0 spiro atoms. The van der Waals surface area contributed by atoms with E-state index in [1.807, 2.05) is 19.1 Å². The predicted molar refractivity (Wildman–Crippen MR) is 77.1 cm³/mol. The van der Waals surface area contributed by atoms with Gasteiger partial charge in [-0.05, 0) is 13.3 Å². The Kier molecular flexibility index (Phi) is 12.0. The largest absolute Gasteiger partial charge is 0.496 e. The molecule has 0 atom stereocenters. The SMILES string of the molecule is CCCCCCCCCCC(OCC)=C(C#N)C#N. The molecular formula is C16H26N2O. The van der Waals surface area contributed by atoms with E-state index >= 15 is 0 Å². The molecule has 0 N–H and O–H groups in total. The quantitative estimate of drug-likeness (QED) is 0.303. The van der Waals surface area contributed by atoms with Gasteiger partial charge in [-0.2, -0.15) is 10.5 Å². The third-order valence-electron chi connectivity index (χ3n) is 3.08. The number of nitriles is 2. The number of rotatable bonds is 11. The Morgan fingerprint density at radius 1 is 0.842 bits per heavy atom. The molecule has 3 heteroatoms. The minimum Gasteiger partial charge on any atom is -0.496 e. The Morgan fingerprint density at radius 2 is 1.37 bits per heavy atom. The van der Waals surface area contributed by atoms with E-state index in [2.05, 4.69) is 6.92 Å². The molecule has 0 bridgehead atoms. The van der Waals surface area contributed by atoms with Crippen molar-refractivity contribution >= 4 is 0 Å². The molecule has 0 amide bonds. The summed E-state index contributed by atoms with van der Waals surface area (Å²) in [4.78, 5) is 0. The highest BCUT2D eigenvalue weighted by Crippen LogP contribution is 2.16. The van der Waals surface area contributed by atoms with Crippen molar-refractivity contribution in [3.63, 3.8) is 0 Å². The first-order chi connectivity index (χ1) is 9.29. The standard InChI is InChI=1S/C16H26N2O/c1-3-5-6-7-8-9-10-11-12-16(19-4-2)15(13-17)14-18/h3-12H2,1-2H3. The number of ether oxygens (including phenoxy) is 1. The lowest BCUT2D eigenvalue weighted by atomic mass is 10.1. The average Bonchev–Trinajstić information content (AvgIpc) is 2.43. The molecule has 0 unspecified atom stereocenters. The first kappa shape index (κ1) is 17.5. The van der Waals surface area contributed by atoms with Gasteiger partial charge < -0.3 is 4.74 Å². The van der Waals surface area contributed by atoms with E-state index in [1.54, 1.807) is 0 Å². The lowest BCUT2D eigenvalue weighted by molar-refractivity contribution is 0.214. The fourth-order valence-corrected chi connectivity index (χ4v) is 2.01. The zero-order valence-electron chi connectivity index (χ0n) is 12.4. The Hall–Kier alpha value is -1.48. The van der Waals surface area contributed by atoms with E-state index in [9.17, 15) is 0 Å². The highest BCUT2D eigenvalue weighted by atomic mass is 16.5. The monoisotopic (exact) mass is 262 g/mol. The summed E-state index contributed by atoms with van der Waals surface area (Å²) in [7, 11) is 0. The first-order valence-electron chi connectivity index (χ1n) is 7.46. The summed E-state index contributed by atoms with van der Waals surface area (Å²) < 4.78 is 5.38. The van der Waals surface area contributed by atoms with Gasteiger partial charge in [0.25, 0.3) is 0 Å². The maximum absolute atomic E-state index is 8.84. The summed E-state index contributed by atoms with van der Waals surface area (Å²) in [6, 6.07) is 3.81. The number of allylic oxidation sites excluding steroid dienone is 2. The molecule has 0 aliphatic heterocycles. The highest BCUT2D eigenvalue weighted by molar-refractivity contribution is 5.37. The maximum atomic E-state index is 8.84. The van der Waals surface area contributed by atoms with E-state index < -0.39 is 0 Å². The van der Waals surface area contributed by atoms with Crippen molar-refractivity contribution < 1.29 is 4.74 Å². The molecular weight excluding hydrogens is 236 g/mol. The molecule has 0 aromatic rings. The normalized spacial score (nSPS) is 9.47. The summed E-state index contributed by atoms with van der Waals surface area (Å²) in [6.45, 7) is 4.61. The minimum absolute atomic E-state index is 0.129. The fraction of sp³-hybridized carbons (Fsp3) is 0.750. The van der Waals surface area contributed by atoms with Crippen molar-refractivity contribution in [2.24, 2.45) is 0 Å². The topological polar surface area (TPSA) is 56.8 Å². The Bertz CT molecular complexity index is 318. The van der Waals surface area contributed by atoms with Gasteiger partial charge in [-0.3, -0.25) is 0 Å². The van der Waals surface area contributed by atoms with E-state index in [0.717, 1.165) is 12.8 Å². The number of hydrogen-bond donors (Lipinski definition) is 0. The van der Waals surface area contributed by atoms with Gasteiger partial charge in [0.15, 0.2) is 5.57 Å². The predicted octanol–water partition coefficient (Wildman–Crippen LogP) is 4.85. The van der Waals surface area contributed by atoms with Crippen molar-refractivity contribution in [2.75, 3.05) is 6.61 Å². The molecule has 0 saturated carbocycles. The van der Waals surface area contributed by atoms with E-state index in [0.29, 0.717) is 18.8 Å². The molecule has 0 radical (unpaired) electrons. The number of unbranched alkanes of at least 4 members (excludes halogenated alkanes) is 7. The van der Waals surface area contributed by atoms with Crippen LogP contribution in [0.2, 0.25) is 0 Å². The van der Waals surface area contributed by atoms with Crippen LogP contribution in [0.1, 0.15) is 71.6 Å². The van der Waals surface area contributed by atoms with Gasteiger partial charge in [0.1, 0.15) is 17.9 Å². The molecule has 0 aliphatic rings. The van der Waals surface area contributed by atoms with Gasteiger partial charge >= 0.3 is 0 Å². The van der Waals surface area contributed by atoms with Gasteiger partial charge in [-0.15, -0.1) is 0 Å². The fourth-order valence-electron chi connectivity index (χ4n) is 2.01. The summed E-state index contributed by atoms with van der Waals surface area (Å²) >= 11 is 0. The van der Waals surface area contributed by atoms with Crippen LogP contribution in [0.3, 0.4) is 0 Å². The van der Waals surface area contributed by atoms with Gasteiger partial charge in [0.2, 0.25) is 0 Å². The van der Waals surface area contributed by atoms with Crippen LogP contribution in [0.4, 0.5) is 0 Å². The third kappa shape index (κ3) is 9.14. The van der Waals surface area contributed by atoms with Crippen molar-refractivity contribution in [1.82, 2.24) is 0 Å². The molecule has 0 rings (SSSR count). The minimum atomic E-state index is 0.129. The molecule has 0 fully saturated rings. The van der Waals surface area contributed by atoms with Crippen molar-refractivity contribution in [3.8, 4) is 12.1 Å². The van der Waals surface area contributed by atoms with E-state index in [1.165, 1.54) is 38.5 Å². The Balaban J connectivity index is 3.81. The molecule has 0 saturated heterocycles. The third-order valence-corrected chi connectivity index (χ3v) is 3.08. The second kappa shape index (κ2) is 13.0. The van der Waals surface area contributed by atoms with Crippen LogP contribution in [0.15, 0.2) is 11.3 Å². The summed E-state index contributed by atoms with van der Waals surface area (Å²) in [5, 5.41) is 17.7. The lowest BCUT2D eigenvalue weighted by Gasteiger charge is -2.08. The van der Waals surface area contributed by atoms with Crippen molar-refractivity contribution in [3.05, 3.63) is 11.3 Å². The van der Waals surface area contributed by atoms with Crippen LogP contribution in [-0.4, -0.2) is 6.61 Å². The van der Waals surface area contributed by atoms with Crippen LogP contribution in [-0.2, 0) is 4.74 Å². The lowest BCUT2D eigenvalue weighted by Crippen LogP contribution is -1.96. The summed E-state index contributed by atoms with van der Waals surface area (Å²) in [5.74, 6) is 0.568. The van der Waals surface area contributed by atoms with E-state index in [-0.39, 0.29) is 5.57 Å². The molecule has 19 heavy (non-hydrogen) atoms. The molecule has 0 aromatic heterocycles. The summed E-state index contributed by atoms with van der Waals surface area (Å²) in [6.07, 6.45) is 10.7. The smallest absolute Gasteiger partial charge is 0.167 e. The maximum Gasteiger partial charge on any atom is 0.167 e. The van der Waals surface area contributed by atoms with Crippen LogP contribution in [0.5, 0.6) is 0 Å². The van der Waals surface area contributed by atoms with Gasteiger partial charge in [-0.1, -0.05) is 51.9 Å².